The second kappa shape index (κ2) is 8.44. The molecule has 1 N–H and O–H groups in total. The second-order valence-electron chi connectivity index (χ2n) is 8.46. The fourth-order valence-electron chi connectivity index (χ4n) is 4.42. The van der Waals surface area contributed by atoms with Crippen molar-refractivity contribution in [1.29, 1.82) is 0 Å². The lowest BCUT2D eigenvalue weighted by atomic mass is 9.89. The number of carbonyl (C=O) groups excluding carboxylic acids is 2. The highest BCUT2D eigenvalue weighted by atomic mass is 19.4. The van der Waals surface area contributed by atoms with E-state index in [9.17, 15) is 22.8 Å². The minimum Gasteiger partial charge on any atom is -0.355 e. The van der Waals surface area contributed by atoms with Crippen molar-refractivity contribution < 1.29 is 22.8 Å². The van der Waals surface area contributed by atoms with Crippen molar-refractivity contribution in [3.05, 3.63) is 58.8 Å². The number of hydrogen-bond acceptors (Lipinski definition) is 4. The van der Waals surface area contributed by atoms with Crippen LogP contribution in [0.15, 0.2) is 36.5 Å². The van der Waals surface area contributed by atoms with Crippen LogP contribution in [0.5, 0.6) is 0 Å². The zero-order chi connectivity index (χ0) is 23.0. The summed E-state index contributed by atoms with van der Waals surface area (Å²) in [7, 11) is 0. The number of amides is 2. The van der Waals surface area contributed by atoms with Crippen molar-refractivity contribution in [2.24, 2.45) is 5.92 Å². The number of aromatic nitrogens is 1. The average Bonchev–Trinajstić information content (AvgIpc) is 3.11. The van der Waals surface area contributed by atoms with Gasteiger partial charge in [0.25, 0.3) is 5.91 Å². The van der Waals surface area contributed by atoms with Crippen LogP contribution < -0.4 is 10.2 Å². The summed E-state index contributed by atoms with van der Waals surface area (Å²) in [4.78, 5) is 32.6. The molecule has 1 unspecified atom stereocenters. The lowest BCUT2D eigenvalue weighted by Crippen LogP contribution is -2.49. The molecule has 2 aliphatic heterocycles. The van der Waals surface area contributed by atoms with E-state index in [2.05, 4.69) is 10.3 Å². The zero-order valence-corrected chi connectivity index (χ0v) is 17.9. The van der Waals surface area contributed by atoms with Gasteiger partial charge in [0.15, 0.2) is 0 Å². The Hall–Kier alpha value is -3.10. The van der Waals surface area contributed by atoms with Crippen molar-refractivity contribution in [2.45, 2.75) is 25.9 Å². The molecule has 1 aromatic carbocycles. The highest BCUT2D eigenvalue weighted by Crippen LogP contribution is 2.32. The van der Waals surface area contributed by atoms with Gasteiger partial charge < -0.3 is 15.1 Å². The number of piperazine rings is 1. The monoisotopic (exact) mass is 446 g/mol. The van der Waals surface area contributed by atoms with E-state index in [1.807, 2.05) is 24.0 Å². The van der Waals surface area contributed by atoms with Crippen LogP contribution in [-0.4, -0.2) is 54.4 Å². The van der Waals surface area contributed by atoms with Crippen LogP contribution in [0.1, 0.15) is 39.9 Å². The predicted octanol–water partition coefficient (Wildman–Crippen LogP) is 3.22. The number of pyridine rings is 1. The number of halogens is 3. The molecule has 0 spiro atoms. The van der Waals surface area contributed by atoms with Gasteiger partial charge in [-0.25, -0.2) is 4.98 Å². The Bertz CT molecular complexity index is 1010. The molecule has 2 amide bonds. The van der Waals surface area contributed by atoms with Crippen LogP contribution in [0.4, 0.5) is 19.0 Å². The van der Waals surface area contributed by atoms with Gasteiger partial charge in [-0.1, -0.05) is 19.1 Å². The fraction of sp³-hybridized carbons (Fsp3) is 0.435. The molecule has 6 nitrogen and oxygen atoms in total. The van der Waals surface area contributed by atoms with Crippen molar-refractivity contribution in [2.75, 3.05) is 37.6 Å². The van der Waals surface area contributed by atoms with Crippen molar-refractivity contribution >= 4 is 17.6 Å². The first kappa shape index (κ1) is 22.1. The van der Waals surface area contributed by atoms with E-state index in [1.165, 1.54) is 0 Å². The van der Waals surface area contributed by atoms with Crippen LogP contribution >= 0.6 is 0 Å². The minimum absolute atomic E-state index is 0.0138. The van der Waals surface area contributed by atoms with Gasteiger partial charge in [0.05, 0.1) is 11.5 Å². The molecule has 2 atom stereocenters. The molecule has 2 aromatic rings. The maximum absolute atomic E-state index is 12.9. The first-order chi connectivity index (χ1) is 15.1. The number of nitrogens with zero attached hydrogens (tertiary/aromatic N) is 3. The summed E-state index contributed by atoms with van der Waals surface area (Å²) in [5.74, 6) is 0.442. The Morgan fingerprint density at radius 3 is 2.31 bits per heavy atom. The van der Waals surface area contributed by atoms with Crippen LogP contribution in [0, 0.1) is 12.8 Å². The number of benzene rings is 1. The van der Waals surface area contributed by atoms with E-state index >= 15 is 0 Å². The van der Waals surface area contributed by atoms with E-state index in [4.69, 9.17) is 0 Å². The molecule has 1 aromatic heterocycles. The van der Waals surface area contributed by atoms with E-state index in [-0.39, 0.29) is 23.7 Å². The smallest absolute Gasteiger partial charge is 0.355 e. The third-order valence-electron chi connectivity index (χ3n) is 6.21. The summed E-state index contributed by atoms with van der Waals surface area (Å²) in [6.07, 6.45) is -3.57. The number of rotatable bonds is 3. The predicted molar refractivity (Wildman–Crippen MR) is 113 cm³/mol. The third kappa shape index (κ3) is 4.28. The first-order valence-corrected chi connectivity index (χ1v) is 10.6. The van der Waals surface area contributed by atoms with E-state index < -0.39 is 11.7 Å². The summed E-state index contributed by atoms with van der Waals surface area (Å²) < 4.78 is 38.6. The Balaban J connectivity index is 1.39. The first-order valence-electron chi connectivity index (χ1n) is 10.6. The standard InChI is InChI=1S/C23H25F3N4O2/c1-14-11-18(23(24,25)26)13-27-20(14)29-7-9-30(10-8-29)22(32)17-5-3-16(4-6-17)19-15(2)12-28-21(19)31/h3-6,11,13,15,19H,7-10,12H2,1-2H3,(H,28,31)/t15?,19-/m1/s1. The average molecular weight is 446 g/mol. The summed E-state index contributed by atoms with van der Waals surface area (Å²) in [6, 6.07) is 8.29. The third-order valence-corrected chi connectivity index (χ3v) is 6.21. The molecule has 3 heterocycles. The van der Waals surface area contributed by atoms with E-state index in [0.29, 0.717) is 49.7 Å². The molecule has 2 saturated heterocycles. The van der Waals surface area contributed by atoms with Gasteiger partial charge in [-0.3, -0.25) is 9.59 Å². The number of carbonyl (C=O) groups is 2. The summed E-state index contributed by atoms with van der Waals surface area (Å²) in [5, 5.41) is 2.86. The van der Waals surface area contributed by atoms with Crippen LogP contribution in [0.2, 0.25) is 0 Å². The van der Waals surface area contributed by atoms with Gasteiger partial charge in [-0.05, 0) is 42.2 Å². The van der Waals surface area contributed by atoms with Gasteiger partial charge in [0.2, 0.25) is 5.91 Å². The molecule has 0 radical (unpaired) electrons. The van der Waals surface area contributed by atoms with E-state index in [1.54, 1.807) is 24.0 Å². The number of nitrogens with one attached hydrogen (secondary N) is 1. The van der Waals surface area contributed by atoms with E-state index in [0.717, 1.165) is 17.8 Å². The molecule has 0 aliphatic carbocycles. The van der Waals surface area contributed by atoms with Gasteiger partial charge in [-0.15, -0.1) is 0 Å². The number of hydrogen-bond donors (Lipinski definition) is 1. The summed E-state index contributed by atoms with van der Waals surface area (Å²) >= 11 is 0. The lowest BCUT2D eigenvalue weighted by molar-refractivity contribution is -0.137. The Labute approximate surface area is 184 Å². The Morgan fingerprint density at radius 2 is 1.78 bits per heavy atom. The SMILES string of the molecule is Cc1cc(C(F)(F)F)cnc1N1CCN(C(=O)c2ccc([C@@H]3C(=O)NCC3C)cc2)CC1. The summed E-state index contributed by atoms with van der Waals surface area (Å²) in [5.41, 5.74) is 1.15. The van der Waals surface area contributed by atoms with Crippen LogP contribution in [0.3, 0.4) is 0 Å². The molecule has 32 heavy (non-hydrogen) atoms. The molecular formula is C23H25F3N4O2. The fourth-order valence-corrected chi connectivity index (χ4v) is 4.42. The molecule has 9 heteroatoms. The van der Waals surface area contributed by atoms with Crippen molar-refractivity contribution in [3.8, 4) is 0 Å². The quantitative estimate of drug-likeness (QED) is 0.787. The lowest BCUT2D eigenvalue weighted by Gasteiger charge is -2.36. The Kier molecular flexibility index (Phi) is 5.83. The Morgan fingerprint density at radius 1 is 1.12 bits per heavy atom. The highest BCUT2D eigenvalue weighted by molar-refractivity contribution is 5.94. The van der Waals surface area contributed by atoms with Crippen molar-refractivity contribution in [1.82, 2.24) is 15.2 Å². The molecule has 0 bridgehead atoms. The second-order valence-corrected chi connectivity index (χ2v) is 8.46. The van der Waals surface area contributed by atoms with Gasteiger partial charge in [0.1, 0.15) is 5.82 Å². The normalized spacial score (nSPS) is 21.6. The molecule has 4 rings (SSSR count). The number of anilines is 1. The topological polar surface area (TPSA) is 65.5 Å². The number of aryl methyl sites for hydroxylation is 1. The molecular weight excluding hydrogens is 421 g/mol. The van der Waals surface area contributed by atoms with Crippen molar-refractivity contribution in [3.63, 3.8) is 0 Å². The highest BCUT2D eigenvalue weighted by Gasteiger charge is 2.33. The molecule has 2 fully saturated rings. The van der Waals surface area contributed by atoms with Gasteiger partial charge in [0, 0.05) is 44.5 Å². The van der Waals surface area contributed by atoms with Crippen LogP contribution in [-0.2, 0) is 11.0 Å². The minimum atomic E-state index is -4.42. The maximum atomic E-state index is 12.9. The van der Waals surface area contributed by atoms with Gasteiger partial charge >= 0.3 is 6.18 Å². The van der Waals surface area contributed by atoms with Gasteiger partial charge in [-0.2, -0.15) is 13.2 Å². The molecule has 0 saturated carbocycles. The molecule has 170 valence electrons. The zero-order valence-electron chi connectivity index (χ0n) is 17.9. The molecule has 2 aliphatic rings. The maximum Gasteiger partial charge on any atom is 0.417 e. The largest absolute Gasteiger partial charge is 0.417 e. The summed E-state index contributed by atoms with van der Waals surface area (Å²) in [6.45, 7) is 6.17. The number of alkyl halides is 3. The van der Waals surface area contributed by atoms with Crippen LogP contribution in [0.25, 0.3) is 0 Å².